The van der Waals surface area contributed by atoms with Crippen molar-refractivity contribution in [3.8, 4) is 0 Å². The fourth-order valence-corrected chi connectivity index (χ4v) is 10.2. The van der Waals surface area contributed by atoms with E-state index in [1.54, 1.807) is 33.7 Å². The van der Waals surface area contributed by atoms with Gasteiger partial charge < -0.3 is 19.6 Å². The van der Waals surface area contributed by atoms with Crippen LogP contribution < -0.4 is 4.90 Å². The predicted octanol–water partition coefficient (Wildman–Crippen LogP) is 4.96. The minimum atomic E-state index is -0.730. The number of hydrogen-bond acceptors (Lipinski definition) is 6. The lowest BCUT2D eigenvalue weighted by Gasteiger charge is -2.38. The third-order valence-corrected chi connectivity index (χ3v) is 11.6. The van der Waals surface area contributed by atoms with Gasteiger partial charge in [-0.05, 0) is 69.6 Å². The van der Waals surface area contributed by atoms with Gasteiger partial charge in [0, 0.05) is 35.5 Å². The van der Waals surface area contributed by atoms with Gasteiger partial charge in [-0.1, -0.05) is 40.2 Å². The average Bonchev–Trinajstić information content (AvgIpc) is 3.52. The number of thioether (sulfide) groups is 1. The van der Waals surface area contributed by atoms with Crippen molar-refractivity contribution in [1.29, 1.82) is 0 Å². The molecule has 0 aromatic heterocycles. The number of allylic oxidation sites excluding steroid dienone is 1. The van der Waals surface area contributed by atoms with Crippen LogP contribution in [0.15, 0.2) is 43.5 Å². The third kappa shape index (κ3) is 5.66. The van der Waals surface area contributed by atoms with Crippen LogP contribution >= 0.6 is 27.7 Å². The Morgan fingerprint density at radius 3 is 2.70 bits per heavy atom. The molecule has 9 heteroatoms. The number of fused-ring (bicyclic) bond motifs is 1. The number of rotatable bonds is 14. The smallest absolute Gasteiger partial charge is 0.310 e. The SMILES string of the molecule is C=CCCCOC(=O)[C@H]1[C@H]2C(=O)N(CCCCCO)C(C(=O)N(CC=C)c3cc(C)ccc3C)C23CC(Br)[C@@H]1S3. The molecule has 2 bridgehead atoms. The molecule has 3 heterocycles. The van der Waals surface area contributed by atoms with Gasteiger partial charge >= 0.3 is 5.97 Å². The number of aliphatic hydroxyl groups is 1. The van der Waals surface area contributed by atoms with E-state index in [2.05, 4.69) is 29.1 Å². The number of aryl methyl sites for hydroxylation is 2. The van der Waals surface area contributed by atoms with Crippen LogP contribution in [0, 0.1) is 25.7 Å². The molecule has 3 saturated heterocycles. The number of anilines is 1. The quantitative estimate of drug-likeness (QED) is 0.135. The first-order valence-corrected chi connectivity index (χ1v) is 16.0. The molecule has 6 atom stereocenters. The van der Waals surface area contributed by atoms with Crippen molar-refractivity contribution in [2.45, 2.75) is 73.2 Å². The number of carbonyl (C=O) groups is 3. The molecule has 4 rings (SSSR count). The molecular weight excluding hydrogens is 592 g/mol. The Kier molecular flexibility index (Phi) is 10.2. The van der Waals surface area contributed by atoms with E-state index in [4.69, 9.17) is 4.74 Å². The largest absolute Gasteiger partial charge is 0.465 e. The number of halogens is 1. The lowest BCUT2D eigenvalue weighted by Crippen LogP contribution is -2.55. The third-order valence-electron chi connectivity index (χ3n) is 8.38. The Balaban J connectivity index is 1.73. The minimum absolute atomic E-state index is 0.00882. The number of alkyl halides is 1. The second kappa shape index (κ2) is 13.3. The molecule has 1 N–H and O–H groups in total. The number of carbonyl (C=O) groups excluding carboxylic acids is 3. The zero-order valence-corrected chi connectivity index (χ0v) is 25.9. The normalized spacial score (nSPS) is 28.4. The van der Waals surface area contributed by atoms with Gasteiger partial charge in [-0.2, -0.15) is 0 Å². The van der Waals surface area contributed by atoms with E-state index in [-0.39, 0.29) is 41.1 Å². The maximum absolute atomic E-state index is 14.7. The maximum Gasteiger partial charge on any atom is 0.310 e. The Morgan fingerprint density at radius 2 is 2.00 bits per heavy atom. The van der Waals surface area contributed by atoms with Gasteiger partial charge in [-0.3, -0.25) is 14.4 Å². The molecule has 0 radical (unpaired) electrons. The summed E-state index contributed by atoms with van der Waals surface area (Å²) in [5, 5.41) is 9.15. The van der Waals surface area contributed by atoms with Gasteiger partial charge in [-0.15, -0.1) is 24.9 Å². The zero-order valence-electron chi connectivity index (χ0n) is 23.5. The summed E-state index contributed by atoms with van der Waals surface area (Å²) in [5.74, 6) is -1.84. The first kappa shape index (κ1) is 30.8. The topological polar surface area (TPSA) is 87.1 Å². The van der Waals surface area contributed by atoms with Gasteiger partial charge in [0.2, 0.25) is 5.91 Å². The second-order valence-electron chi connectivity index (χ2n) is 11.1. The summed E-state index contributed by atoms with van der Waals surface area (Å²) in [6.45, 7) is 12.7. The summed E-state index contributed by atoms with van der Waals surface area (Å²) in [6, 6.07) is 5.31. The molecule has 0 aliphatic carbocycles. The number of esters is 1. The Hall–Kier alpha value is -2.10. The number of likely N-dealkylation sites (tertiary alicyclic amines) is 1. The van der Waals surface area contributed by atoms with Gasteiger partial charge in [0.15, 0.2) is 0 Å². The van der Waals surface area contributed by atoms with E-state index in [1.165, 1.54) is 0 Å². The molecule has 1 spiro atoms. The Labute approximate surface area is 250 Å². The van der Waals surface area contributed by atoms with Crippen LogP contribution in [0.25, 0.3) is 0 Å². The van der Waals surface area contributed by atoms with E-state index in [0.29, 0.717) is 38.8 Å². The van der Waals surface area contributed by atoms with Crippen LogP contribution in [-0.4, -0.2) is 75.0 Å². The number of nitrogens with zero attached hydrogens (tertiary/aromatic N) is 2. The number of hydrogen-bond donors (Lipinski definition) is 1. The molecule has 1 aromatic rings. The number of aliphatic hydroxyl groups excluding tert-OH is 1. The lowest BCUT2D eigenvalue weighted by molar-refractivity contribution is -0.154. The predicted molar refractivity (Wildman–Crippen MR) is 164 cm³/mol. The van der Waals surface area contributed by atoms with Crippen molar-refractivity contribution in [3.63, 3.8) is 0 Å². The van der Waals surface area contributed by atoms with Crippen molar-refractivity contribution >= 4 is 51.2 Å². The second-order valence-corrected chi connectivity index (χ2v) is 13.8. The van der Waals surface area contributed by atoms with Crippen molar-refractivity contribution in [2.24, 2.45) is 11.8 Å². The highest BCUT2D eigenvalue weighted by atomic mass is 79.9. The maximum atomic E-state index is 14.7. The molecule has 7 nitrogen and oxygen atoms in total. The summed E-state index contributed by atoms with van der Waals surface area (Å²) in [7, 11) is 0. The summed E-state index contributed by atoms with van der Waals surface area (Å²) in [5.41, 5.74) is 2.82. The van der Waals surface area contributed by atoms with Crippen LogP contribution in [0.5, 0.6) is 0 Å². The number of unbranched alkanes of at least 4 members (excludes halogenated alkanes) is 3. The molecule has 218 valence electrons. The Bertz CT molecular complexity index is 1140. The highest BCUT2D eigenvalue weighted by Gasteiger charge is 2.76. The molecule has 2 amide bonds. The van der Waals surface area contributed by atoms with Gasteiger partial charge in [0.25, 0.3) is 5.91 Å². The highest BCUT2D eigenvalue weighted by Crippen LogP contribution is 2.68. The molecular formula is C31H41BrN2O5S. The van der Waals surface area contributed by atoms with Crippen molar-refractivity contribution in [2.75, 3.05) is 31.2 Å². The molecule has 3 unspecified atom stereocenters. The van der Waals surface area contributed by atoms with E-state index in [1.807, 2.05) is 32.0 Å². The molecule has 3 aliphatic rings. The summed E-state index contributed by atoms with van der Waals surface area (Å²) >= 11 is 5.44. The number of ether oxygens (including phenoxy) is 1. The fraction of sp³-hybridized carbons (Fsp3) is 0.581. The van der Waals surface area contributed by atoms with Crippen LogP contribution in [0.1, 0.15) is 49.7 Å². The molecule has 0 saturated carbocycles. The van der Waals surface area contributed by atoms with E-state index in [9.17, 15) is 19.5 Å². The zero-order chi connectivity index (χ0) is 29.0. The highest BCUT2D eigenvalue weighted by molar-refractivity contribution is 9.09. The molecule has 3 aliphatic heterocycles. The van der Waals surface area contributed by atoms with Crippen LogP contribution in [0.3, 0.4) is 0 Å². The fourth-order valence-electron chi connectivity index (χ4n) is 6.58. The van der Waals surface area contributed by atoms with Crippen LogP contribution in [0.2, 0.25) is 0 Å². The lowest BCUT2D eigenvalue weighted by atomic mass is 9.71. The van der Waals surface area contributed by atoms with Crippen LogP contribution in [0.4, 0.5) is 5.69 Å². The van der Waals surface area contributed by atoms with E-state index >= 15 is 0 Å². The number of benzene rings is 1. The van der Waals surface area contributed by atoms with Crippen molar-refractivity contribution in [3.05, 3.63) is 54.6 Å². The average molecular weight is 634 g/mol. The van der Waals surface area contributed by atoms with Crippen molar-refractivity contribution in [1.82, 2.24) is 4.90 Å². The summed E-state index contributed by atoms with van der Waals surface area (Å²) < 4.78 is 4.95. The standard InChI is InChI=1S/C31H41BrN2O5S/c1-5-7-11-17-39-30(38)24-25-28(36)34(15-9-8-10-16-35)27(31(25)19-22(32)26(24)40-31)29(37)33(14-6-2)23-18-20(3)12-13-21(23)4/h5-6,12-13,18,22,24-27,35H,1-2,7-11,14-17,19H2,3-4H3/t22?,24-,25-,26-,27?,31?/m0/s1. The first-order chi connectivity index (χ1) is 19.2. The minimum Gasteiger partial charge on any atom is -0.465 e. The van der Waals surface area contributed by atoms with Crippen LogP contribution in [-0.2, 0) is 19.1 Å². The summed E-state index contributed by atoms with van der Waals surface area (Å²) in [6.07, 6.45) is 7.63. The first-order valence-electron chi connectivity index (χ1n) is 14.2. The van der Waals surface area contributed by atoms with E-state index < -0.39 is 22.6 Å². The number of amides is 2. The van der Waals surface area contributed by atoms with Crippen molar-refractivity contribution < 1.29 is 24.2 Å². The van der Waals surface area contributed by atoms with Gasteiger partial charge in [-0.25, -0.2) is 0 Å². The van der Waals surface area contributed by atoms with Gasteiger partial charge in [0.1, 0.15) is 6.04 Å². The molecule has 40 heavy (non-hydrogen) atoms. The molecule has 3 fully saturated rings. The van der Waals surface area contributed by atoms with Gasteiger partial charge in [0.05, 0.1) is 23.2 Å². The molecule has 1 aromatic carbocycles. The summed E-state index contributed by atoms with van der Waals surface area (Å²) in [4.78, 5) is 45.8. The van der Waals surface area contributed by atoms with E-state index in [0.717, 1.165) is 29.7 Å². The Morgan fingerprint density at radius 1 is 1.23 bits per heavy atom. The monoisotopic (exact) mass is 632 g/mol.